The summed E-state index contributed by atoms with van der Waals surface area (Å²) < 4.78 is 5.19. The Bertz CT molecular complexity index is 315. The largest absolute Gasteiger partial charge is 0.378 e. The minimum absolute atomic E-state index is 0.000915. The molecule has 1 heterocycles. The average molecular weight is 285 g/mol. The molecule has 1 unspecified atom stereocenters. The number of hydrogen-bond acceptors (Lipinski definition) is 4. The lowest BCUT2D eigenvalue weighted by atomic mass is 10.0. The predicted molar refractivity (Wildman–Crippen MR) is 77.1 cm³/mol. The molecule has 0 bridgehead atoms. The molecule has 20 heavy (non-hydrogen) atoms. The highest BCUT2D eigenvalue weighted by atomic mass is 16.5. The number of nitrogens with zero attached hydrogens (tertiary/aromatic N) is 1. The second-order valence-corrected chi connectivity index (χ2v) is 5.62. The van der Waals surface area contributed by atoms with Crippen LogP contribution in [0.5, 0.6) is 0 Å². The lowest BCUT2D eigenvalue weighted by Crippen LogP contribution is -2.43. The highest BCUT2D eigenvalue weighted by Gasteiger charge is 2.18. The molecule has 1 rings (SSSR count). The molecule has 2 amide bonds. The van der Waals surface area contributed by atoms with Gasteiger partial charge in [-0.15, -0.1) is 0 Å². The van der Waals surface area contributed by atoms with E-state index in [-0.39, 0.29) is 30.7 Å². The first-order chi connectivity index (χ1) is 9.52. The van der Waals surface area contributed by atoms with Crippen LogP contribution in [0.3, 0.4) is 0 Å². The second kappa shape index (κ2) is 8.92. The molecular formula is C14H27N3O3. The van der Waals surface area contributed by atoms with E-state index >= 15 is 0 Å². The molecule has 1 atom stereocenters. The average Bonchev–Trinajstić information content (AvgIpc) is 2.44. The number of rotatable bonds is 7. The van der Waals surface area contributed by atoms with Crippen LogP contribution in [-0.4, -0.2) is 55.6 Å². The standard InChI is InChI=1S/C14H27N3O3/c1-11(2)9-12(10-15)16-13(18)3-4-14(19)17-5-7-20-8-6-17/h11-12H,3-10,15H2,1-2H3,(H,16,18). The zero-order valence-corrected chi connectivity index (χ0v) is 12.6. The molecule has 1 aliphatic rings. The van der Waals surface area contributed by atoms with Gasteiger partial charge in [0.05, 0.1) is 13.2 Å². The monoisotopic (exact) mass is 285 g/mol. The minimum atomic E-state index is -0.0947. The Balaban J connectivity index is 2.25. The first-order valence-electron chi connectivity index (χ1n) is 7.38. The molecule has 0 aromatic carbocycles. The summed E-state index contributed by atoms with van der Waals surface area (Å²) >= 11 is 0. The van der Waals surface area contributed by atoms with Gasteiger partial charge in [0.1, 0.15) is 0 Å². The summed E-state index contributed by atoms with van der Waals surface area (Å²) in [5.41, 5.74) is 5.64. The van der Waals surface area contributed by atoms with Crippen molar-refractivity contribution in [1.82, 2.24) is 10.2 Å². The summed E-state index contributed by atoms with van der Waals surface area (Å²) in [7, 11) is 0. The van der Waals surface area contributed by atoms with E-state index in [1.54, 1.807) is 4.90 Å². The van der Waals surface area contributed by atoms with Gasteiger partial charge in [-0.2, -0.15) is 0 Å². The maximum absolute atomic E-state index is 11.9. The summed E-state index contributed by atoms with van der Waals surface area (Å²) in [6.07, 6.45) is 1.34. The molecular weight excluding hydrogens is 258 g/mol. The van der Waals surface area contributed by atoms with Gasteiger partial charge in [0.25, 0.3) is 0 Å². The zero-order chi connectivity index (χ0) is 15.0. The summed E-state index contributed by atoms with van der Waals surface area (Å²) in [5, 5.41) is 2.90. The van der Waals surface area contributed by atoms with Crippen molar-refractivity contribution in [3.05, 3.63) is 0 Å². The Morgan fingerprint density at radius 3 is 2.45 bits per heavy atom. The van der Waals surface area contributed by atoms with Gasteiger partial charge < -0.3 is 20.7 Å². The van der Waals surface area contributed by atoms with Gasteiger partial charge in [-0.1, -0.05) is 13.8 Å². The number of nitrogens with two attached hydrogens (primary N) is 1. The zero-order valence-electron chi connectivity index (χ0n) is 12.6. The molecule has 0 aliphatic carbocycles. The number of hydrogen-bond donors (Lipinski definition) is 2. The molecule has 6 heteroatoms. The highest BCUT2D eigenvalue weighted by molar-refractivity contribution is 5.83. The number of morpholine rings is 1. The number of nitrogens with one attached hydrogen (secondary N) is 1. The Labute approximate surface area is 121 Å². The van der Waals surface area contributed by atoms with Crippen molar-refractivity contribution in [2.24, 2.45) is 11.7 Å². The van der Waals surface area contributed by atoms with Gasteiger partial charge in [-0.05, 0) is 12.3 Å². The lowest BCUT2D eigenvalue weighted by Gasteiger charge is -2.27. The highest BCUT2D eigenvalue weighted by Crippen LogP contribution is 2.05. The number of amides is 2. The smallest absolute Gasteiger partial charge is 0.223 e. The second-order valence-electron chi connectivity index (χ2n) is 5.62. The van der Waals surface area contributed by atoms with Crippen LogP contribution in [-0.2, 0) is 14.3 Å². The molecule has 1 fully saturated rings. The third kappa shape index (κ3) is 6.34. The number of carbonyl (C=O) groups excluding carboxylic acids is 2. The van der Waals surface area contributed by atoms with Gasteiger partial charge in [0.15, 0.2) is 0 Å². The molecule has 1 aliphatic heterocycles. The van der Waals surface area contributed by atoms with Crippen LogP contribution >= 0.6 is 0 Å². The number of carbonyl (C=O) groups is 2. The van der Waals surface area contributed by atoms with E-state index in [0.29, 0.717) is 38.8 Å². The van der Waals surface area contributed by atoms with E-state index in [1.165, 1.54) is 0 Å². The van der Waals surface area contributed by atoms with Gasteiger partial charge in [0, 0.05) is 38.5 Å². The van der Waals surface area contributed by atoms with E-state index in [4.69, 9.17) is 10.5 Å². The molecule has 0 saturated carbocycles. The van der Waals surface area contributed by atoms with Gasteiger partial charge in [-0.3, -0.25) is 9.59 Å². The molecule has 0 aromatic rings. The SMILES string of the molecule is CC(C)CC(CN)NC(=O)CCC(=O)N1CCOCC1. The Hall–Kier alpha value is -1.14. The molecule has 3 N–H and O–H groups in total. The van der Waals surface area contributed by atoms with Crippen LogP contribution in [0, 0.1) is 5.92 Å². The van der Waals surface area contributed by atoms with Crippen LogP contribution in [0.15, 0.2) is 0 Å². The van der Waals surface area contributed by atoms with Crippen LogP contribution in [0.4, 0.5) is 0 Å². The molecule has 1 saturated heterocycles. The summed E-state index contributed by atoms with van der Waals surface area (Å²) in [4.78, 5) is 25.5. The van der Waals surface area contributed by atoms with E-state index in [2.05, 4.69) is 19.2 Å². The van der Waals surface area contributed by atoms with Crippen molar-refractivity contribution in [1.29, 1.82) is 0 Å². The third-order valence-corrected chi connectivity index (χ3v) is 3.34. The molecule has 0 aromatic heterocycles. The van der Waals surface area contributed by atoms with Crippen molar-refractivity contribution >= 4 is 11.8 Å². The van der Waals surface area contributed by atoms with Gasteiger partial charge >= 0.3 is 0 Å². The van der Waals surface area contributed by atoms with Crippen molar-refractivity contribution in [3.63, 3.8) is 0 Å². The van der Waals surface area contributed by atoms with E-state index in [9.17, 15) is 9.59 Å². The van der Waals surface area contributed by atoms with Crippen LogP contribution < -0.4 is 11.1 Å². The first kappa shape index (κ1) is 16.9. The minimum Gasteiger partial charge on any atom is -0.378 e. The first-order valence-corrected chi connectivity index (χ1v) is 7.38. The van der Waals surface area contributed by atoms with Crippen molar-refractivity contribution in [2.45, 2.75) is 39.2 Å². The summed E-state index contributed by atoms with van der Waals surface area (Å²) in [6.45, 7) is 7.04. The topological polar surface area (TPSA) is 84.7 Å². The van der Waals surface area contributed by atoms with Crippen LogP contribution in [0.25, 0.3) is 0 Å². The quantitative estimate of drug-likeness (QED) is 0.695. The molecule has 116 valence electrons. The Morgan fingerprint density at radius 1 is 1.25 bits per heavy atom. The van der Waals surface area contributed by atoms with E-state index < -0.39 is 0 Å². The molecule has 6 nitrogen and oxygen atoms in total. The Morgan fingerprint density at radius 2 is 1.90 bits per heavy atom. The van der Waals surface area contributed by atoms with Crippen molar-refractivity contribution in [3.8, 4) is 0 Å². The van der Waals surface area contributed by atoms with Crippen LogP contribution in [0.1, 0.15) is 33.1 Å². The molecule has 0 radical (unpaired) electrons. The van der Waals surface area contributed by atoms with E-state index in [0.717, 1.165) is 6.42 Å². The van der Waals surface area contributed by atoms with Gasteiger partial charge in [0.2, 0.25) is 11.8 Å². The fourth-order valence-corrected chi connectivity index (χ4v) is 2.27. The maximum Gasteiger partial charge on any atom is 0.223 e. The predicted octanol–water partition coefficient (Wildman–Crippen LogP) is 0.115. The molecule has 0 spiro atoms. The third-order valence-electron chi connectivity index (χ3n) is 3.34. The maximum atomic E-state index is 11.9. The number of ether oxygens (including phenoxy) is 1. The van der Waals surface area contributed by atoms with Crippen LogP contribution in [0.2, 0.25) is 0 Å². The van der Waals surface area contributed by atoms with Gasteiger partial charge in [-0.25, -0.2) is 0 Å². The normalized spacial score (nSPS) is 17.1. The van der Waals surface area contributed by atoms with Crippen molar-refractivity contribution < 1.29 is 14.3 Å². The fraction of sp³-hybridized carbons (Fsp3) is 0.857. The fourth-order valence-electron chi connectivity index (χ4n) is 2.27. The summed E-state index contributed by atoms with van der Waals surface area (Å²) in [5.74, 6) is 0.415. The van der Waals surface area contributed by atoms with E-state index in [1.807, 2.05) is 0 Å². The van der Waals surface area contributed by atoms with Crippen molar-refractivity contribution in [2.75, 3.05) is 32.8 Å². The Kier molecular flexibility index (Phi) is 7.54. The summed E-state index contributed by atoms with van der Waals surface area (Å²) in [6, 6.07) is 0.000915. The lowest BCUT2D eigenvalue weighted by molar-refractivity contribution is -0.137.